The Morgan fingerprint density at radius 2 is 1.57 bits per heavy atom. The van der Waals surface area contributed by atoms with E-state index in [-0.39, 0.29) is 17.0 Å². The molecule has 23 heavy (non-hydrogen) atoms. The number of nitrogens with one attached hydrogen (secondary N) is 1. The van der Waals surface area contributed by atoms with Gasteiger partial charge in [-0.1, -0.05) is 18.2 Å². The lowest BCUT2D eigenvalue weighted by Gasteiger charge is -2.20. The Labute approximate surface area is 137 Å². The third-order valence-corrected chi connectivity index (χ3v) is 3.55. The molecule has 0 saturated heterocycles. The average Bonchev–Trinajstić information content (AvgIpc) is 2.47. The number of hydrogen-bond acceptors (Lipinski definition) is 2. The number of aromatic nitrogens is 1. The first kappa shape index (κ1) is 17.0. The van der Waals surface area contributed by atoms with Crippen LogP contribution in [0.2, 0.25) is 0 Å². The minimum Gasteiger partial charge on any atom is -0.347 e. The normalized spacial score (nSPS) is 11.3. The number of benzene rings is 1. The maximum atomic E-state index is 12.1. The molecule has 0 unspecified atom stereocenters. The molecule has 0 aliphatic heterocycles. The van der Waals surface area contributed by atoms with Crippen molar-refractivity contribution < 1.29 is 4.79 Å². The summed E-state index contributed by atoms with van der Waals surface area (Å²) in [5, 5.41) is 2.95. The summed E-state index contributed by atoms with van der Waals surface area (Å²) in [5.74, 6) is -0.0536. The van der Waals surface area contributed by atoms with Gasteiger partial charge in [-0.15, -0.1) is 0 Å². The van der Waals surface area contributed by atoms with Gasteiger partial charge in [0.05, 0.1) is 0 Å². The van der Waals surface area contributed by atoms with Gasteiger partial charge in [-0.05, 0) is 56.9 Å². The van der Waals surface area contributed by atoms with Gasteiger partial charge in [0.1, 0.15) is 0 Å². The van der Waals surface area contributed by atoms with Crippen molar-refractivity contribution in [1.82, 2.24) is 9.88 Å². The van der Waals surface area contributed by atoms with Gasteiger partial charge in [-0.2, -0.15) is 0 Å². The summed E-state index contributed by atoms with van der Waals surface area (Å²) in [4.78, 5) is 23.4. The molecule has 2 aromatic rings. The Balaban J connectivity index is 1.98. The molecule has 0 bridgehead atoms. The van der Waals surface area contributed by atoms with Crippen molar-refractivity contribution in [2.45, 2.75) is 39.2 Å². The number of nitrogens with zero attached hydrogens (tertiary/aromatic N) is 1. The van der Waals surface area contributed by atoms with E-state index >= 15 is 0 Å². The lowest BCUT2D eigenvalue weighted by Crippen LogP contribution is -2.40. The molecule has 0 saturated carbocycles. The summed E-state index contributed by atoms with van der Waals surface area (Å²) in [7, 11) is 1.76. The highest BCUT2D eigenvalue weighted by Gasteiger charge is 2.14. The van der Waals surface area contributed by atoms with Crippen LogP contribution in [-0.4, -0.2) is 16.0 Å². The van der Waals surface area contributed by atoms with Crippen molar-refractivity contribution in [2.75, 3.05) is 0 Å². The number of carbonyl (C=O) groups excluding carboxylic acids is 1. The fourth-order valence-electron chi connectivity index (χ4n) is 2.32. The Morgan fingerprint density at radius 1 is 1.00 bits per heavy atom. The summed E-state index contributed by atoms with van der Waals surface area (Å²) in [6, 6.07) is 11.1. The Bertz CT molecular complexity index is 737. The monoisotopic (exact) mass is 312 g/mol. The summed E-state index contributed by atoms with van der Waals surface area (Å²) in [6.45, 7) is 5.89. The van der Waals surface area contributed by atoms with E-state index in [2.05, 4.69) is 5.32 Å². The summed E-state index contributed by atoms with van der Waals surface area (Å²) < 4.78 is 1.59. The fraction of sp³-hybridized carbons (Fsp3) is 0.368. The maximum Gasteiger partial charge on any atom is 0.251 e. The molecular formula is C19H24N2O2. The molecule has 4 heteroatoms. The third-order valence-electron chi connectivity index (χ3n) is 3.55. The van der Waals surface area contributed by atoms with E-state index in [0.717, 1.165) is 18.4 Å². The van der Waals surface area contributed by atoms with E-state index in [1.54, 1.807) is 17.7 Å². The predicted octanol–water partition coefficient (Wildman–Crippen LogP) is 2.70. The zero-order valence-corrected chi connectivity index (χ0v) is 14.2. The molecule has 4 nitrogen and oxygen atoms in total. The van der Waals surface area contributed by atoms with Gasteiger partial charge in [0.2, 0.25) is 5.56 Å². The Morgan fingerprint density at radius 3 is 2.13 bits per heavy atom. The summed E-state index contributed by atoms with van der Waals surface area (Å²) >= 11 is 0. The van der Waals surface area contributed by atoms with Gasteiger partial charge in [0, 0.05) is 30.4 Å². The second-order valence-corrected chi connectivity index (χ2v) is 6.89. The standard InChI is InChI=1S/C19H24N2O2/c1-19(2,3)20-18(23)16-10-7-14(8-11-16)5-6-15-9-12-17(22)21(4)13-15/h7-13H,5-6H2,1-4H3,(H,20,23). The molecule has 0 fully saturated rings. The van der Waals surface area contributed by atoms with Crippen LogP contribution in [0.1, 0.15) is 42.3 Å². The molecule has 1 heterocycles. The summed E-state index contributed by atoms with van der Waals surface area (Å²) in [6.07, 6.45) is 3.61. The van der Waals surface area contributed by atoms with Gasteiger partial charge < -0.3 is 9.88 Å². The van der Waals surface area contributed by atoms with Gasteiger partial charge in [0.15, 0.2) is 0 Å². The number of hydrogen-bond donors (Lipinski definition) is 1. The zero-order chi connectivity index (χ0) is 17.0. The lowest BCUT2D eigenvalue weighted by atomic mass is 10.0. The molecule has 1 N–H and O–H groups in total. The van der Waals surface area contributed by atoms with Crippen LogP contribution in [-0.2, 0) is 19.9 Å². The van der Waals surface area contributed by atoms with Crippen LogP contribution in [0, 0.1) is 0 Å². The van der Waals surface area contributed by atoms with Crippen LogP contribution < -0.4 is 10.9 Å². The van der Waals surface area contributed by atoms with E-state index in [1.165, 1.54) is 5.56 Å². The molecule has 0 radical (unpaired) electrons. The molecule has 122 valence electrons. The first-order valence-electron chi connectivity index (χ1n) is 7.82. The Hall–Kier alpha value is -2.36. The van der Waals surface area contributed by atoms with Gasteiger partial charge in [-0.25, -0.2) is 0 Å². The number of amides is 1. The van der Waals surface area contributed by atoms with Crippen LogP contribution >= 0.6 is 0 Å². The highest BCUT2D eigenvalue weighted by atomic mass is 16.1. The number of carbonyl (C=O) groups is 1. The predicted molar refractivity (Wildman–Crippen MR) is 92.8 cm³/mol. The van der Waals surface area contributed by atoms with Crippen molar-refractivity contribution in [1.29, 1.82) is 0 Å². The zero-order valence-electron chi connectivity index (χ0n) is 14.2. The van der Waals surface area contributed by atoms with Gasteiger partial charge >= 0.3 is 0 Å². The number of aryl methyl sites for hydroxylation is 3. The van der Waals surface area contributed by atoms with E-state index in [1.807, 2.05) is 57.3 Å². The molecular weight excluding hydrogens is 288 g/mol. The van der Waals surface area contributed by atoms with Crippen LogP contribution in [0.25, 0.3) is 0 Å². The number of pyridine rings is 1. The SMILES string of the molecule is Cn1cc(CCc2ccc(C(=O)NC(C)(C)C)cc2)ccc1=O. The fourth-order valence-corrected chi connectivity index (χ4v) is 2.32. The van der Waals surface area contributed by atoms with Crippen LogP contribution in [0.15, 0.2) is 47.4 Å². The van der Waals surface area contributed by atoms with Crippen molar-refractivity contribution >= 4 is 5.91 Å². The third kappa shape index (κ3) is 5.09. The topological polar surface area (TPSA) is 51.1 Å². The molecule has 0 aliphatic carbocycles. The van der Waals surface area contributed by atoms with Crippen molar-refractivity contribution in [2.24, 2.45) is 7.05 Å². The largest absolute Gasteiger partial charge is 0.347 e. The molecule has 1 aromatic carbocycles. The van der Waals surface area contributed by atoms with E-state index in [4.69, 9.17) is 0 Å². The van der Waals surface area contributed by atoms with E-state index in [0.29, 0.717) is 5.56 Å². The van der Waals surface area contributed by atoms with Crippen LogP contribution in [0.4, 0.5) is 0 Å². The first-order chi connectivity index (χ1) is 10.7. The number of rotatable bonds is 4. The first-order valence-corrected chi connectivity index (χ1v) is 7.82. The molecule has 0 atom stereocenters. The quantitative estimate of drug-likeness (QED) is 0.943. The second kappa shape index (κ2) is 6.82. The smallest absolute Gasteiger partial charge is 0.251 e. The van der Waals surface area contributed by atoms with Crippen molar-refractivity contribution in [3.63, 3.8) is 0 Å². The lowest BCUT2D eigenvalue weighted by molar-refractivity contribution is 0.0919. The van der Waals surface area contributed by atoms with E-state index < -0.39 is 0 Å². The van der Waals surface area contributed by atoms with E-state index in [9.17, 15) is 9.59 Å². The molecule has 0 aliphatic rings. The van der Waals surface area contributed by atoms with Crippen LogP contribution in [0.5, 0.6) is 0 Å². The minimum atomic E-state index is -0.237. The second-order valence-electron chi connectivity index (χ2n) is 6.89. The van der Waals surface area contributed by atoms with Crippen molar-refractivity contribution in [3.05, 3.63) is 69.6 Å². The van der Waals surface area contributed by atoms with Crippen molar-refractivity contribution in [3.8, 4) is 0 Å². The highest BCUT2D eigenvalue weighted by Crippen LogP contribution is 2.10. The molecule has 0 spiro atoms. The minimum absolute atomic E-state index is 0.00274. The van der Waals surface area contributed by atoms with Gasteiger partial charge in [-0.3, -0.25) is 9.59 Å². The van der Waals surface area contributed by atoms with Gasteiger partial charge in [0.25, 0.3) is 5.91 Å². The molecule has 2 rings (SSSR count). The average molecular weight is 312 g/mol. The Kier molecular flexibility index (Phi) is 5.04. The van der Waals surface area contributed by atoms with Crippen LogP contribution in [0.3, 0.4) is 0 Å². The molecule has 1 amide bonds. The summed E-state index contributed by atoms with van der Waals surface area (Å²) in [5.41, 5.74) is 2.74. The molecule has 1 aromatic heterocycles. The maximum absolute atomic E-state index is 12.1. The highest BCUT2D eigenvalue weighted by molar-refractivity contribution is 5.94.